The summed E-state index contributed by atoms with van der Waals surface area (Å²) in [6.45, 7) is 0. The van der Waals surface area contributed by atoms with Crippen LogP contribution >= 0.6 is 11.8 Å². The molecule has 2 aromatic rings. The van der Waals surface area contributed by atoms with E-state index in [2.05, 4.69) is 6.07 Å². The lowest BCUT2D eigenvalue weighted by Gasteiger charge is -2.08. The molecule has 0 saturated heterocycles. The molecule has 0 unspecified atom stereocenters. The van der Waals surface area contributed by atoms with Crippen LogP contribution in [-0.4, -0.2) is 12.2 Å². The average molecular weight is 297 g/mol. The molecule has 1 atom stereocenters. The Labute approximate surface area is 128 Å². The highest BCUT2D eigenvalue weighted by Gasteiger charge is 2.16. The van der Waals surface area contributed by atoms with Crippen molar-refractivity contribution in [2.24, 2.45) is 0 Å². The van der Waals surface area contributed by atoms with E-state index in [-0.39, 0.29) is 11.5 Å². The summed E-state index contributed by atoms with van der Waals surface area (Å²) in [6, 6.07) is 18.9. The van der Waals surface area contributed by atoms with Gasteiger partial charge in [-0.25, -0.2) is 0 Å². The van der Waals surface area contributed by atoms with Crippen molar-refractivity contribution < 1.29 is 9.53 Å². The molecule has 0 N–H and O–H groups in total. The maximum absolute atomic E-state index is 12.1. The van der Waals surface area contributed by atoms with Crippen LogP contribution in [0, 0.1) is 11.3 Å². The van der Waals surface area contributed by atoms with E-state index in [1.54, 1.807) is 7.11 Å². The zero-order valence-corrected chi connectivity index (χ0v) is 12.5. The third-order valence-electron chi connectivity index (χ3n) is 3.02. The van der Waals surface area contributed by atoms with E-state index >= 15 is 0 Å². The van der Waals surface area contributed by atoms with Crippen LogP contribution in [0.5, 0.6) is 5.75 Å². The predicted octanol–water partition coefficient (Wildman–Crippen LogP) is 4.01. The van der Waals surface area contributed by atoms with Crippen LogP contribution in [0.4, 0.5) is 0 Å². The average Bonchev–Trinajstić information content (AvgIpc) is 2.54. The maximum atomic E-state index is 12.1. The molecule has 0 aliphatic rings. The summed E-state index contributed by atoms with van der Waals surface area (Å²) >= 11 is 1.16. The van der Waals surface area contributed by atoms with Crippen LogP contribution in [0.1, 0.15) is 17.9 Å². The van der Waals surface area contributed by atoms with Crippen molar-refractivity contribution in [1.82, 2.24) is 0 Å². The van der Waals surface area contributed by atoms with E-state index in [0.29, 0.717) is 0 Å². The smallest absolute Gasteiger partial charge is 0.195 e. The zero-order valence-electron chi connectivity index (χ0n) is 11.7. The summed E-state index contributed by atoms with van der Waals surface area (Å²) in [5.41, 5.74) is 0.878. The van der Waals surface area contributed by atoms with Gasteiger partial charge in [0.2, 0.25) is 0 Å². The van der Waals surface area contributed by atoms with E-state index in [1.807, 2.05) is 54.6 Å². The molecule has 0 heterocycles. The fourth-order valence-corrected chi connectivity index (χ4v) is 2.69. The second-order valence-electron chi connectivity index (χ2n) is 4.45. The summed E-state index contributed by atoms with van der Waals surface area (Å²) < 4.78 is 5.08. The summed E-state index contributed by atoms with van der Waals surface area (Å²) in [5.74, 6) is 0.357. The van der Waals surface area contributed by atoms with Gasteiger partial charge in [-0.3, -0.25) is 4.79 Å². The Bertz CT molecular complexity index is 632. The molecule has 0 spiro atoms. The first kappa shape index (κ1) is 15.1. The van der Waals surface area contributed by atoms with Crippen LogP contribution < -0.4 is 4.74 Å². The fourth-order valence-electron chi connectivity index (χ4n) is 1.91. The van der Waals surface area contributed by atoms with E-state index in [0.717, 1.165) is 28.0 Å². The third kappa shape index (κ3) is 4.37. The molecule has 0 fully saturated rings. The number of carbonyl (C=O) groups is 1. The number of nitriles is 1. The first-order chi connectivity index (χ1) is 10.2. The van der Waals surface area contributed by atoms with Crippen LogP contribution in [0.2, 0.25) is 0 Å². The van der Waals surface area contributed by atoms with Gasteiger partial charge in [-0.05, 0) is 29.8 Å². The summed E-state index contributed by atoms with van der Waals surface area (Å²) in [4.78, 5) is 12.9. The molecule has 4 heteroatoms. The topological polar surface area (TPSA) is 50.1 Å². The molecule has 0 bridgehead atoms. The van der Waals surface area contributed by atoms with Gasteiger partial charge in [0.05, 0.1) is 19.1 Å². The second kappa shape index (κ2) is 7.51. The largest absolute Gasteiger partial charge is 0.497 e. The van der Waals surface area contributed by atoms with Crippen molar-refractivity contribution in [1.29, 1.82) is 5.26 Å². The van der Waals surface area contributed by atoms with E-state index in [1.165, 1.54) is 0 Å². The Morgan fingerprint density at radius 1 is 1.19 bits per heavy atom. The van der Waals surface area contributed by atoms with E-state index < -0.39 is 5.92 Å². The number of ether oxygens (including phenoxy) is 1. The minimum absolute atomic E-state index is 0.0180. The Balaban J connectivity index is 1.98. The van der Waals surface area contributed by atoms with Crippen molar-refractivity contribution >= 4 is 16.9 Å². The summed E-state index contributed by atoms with van der Waals surface area (Å²) in [5, 5.41) is 9.22. The normalized spacial score (nSPS) is 11.4. The van der Waals surface area contributed by atoms with Gasteiger partial charge in [0.25, 0.3) is 0 Å². The number of hydrogen-bond acceptors (Lipinski definition) is 4. The monoisotopic (exact) mass is 297 g/mol. The van der Waals surface area contributed by atoms with Gasteiger partial charge in [-0.15, -0.1) is 0 Å². The van der Waals surface area contributed by atoms with Crippen LogP contribution in [-0.2, 0) is 4.79 Å². The first-order valence-electron chi connectivity index (χ1n) is 6.52. The minimum Gasteiger partial charge on any atom is -0.497 e. The molecule has 2 rings (SSSR count). The highest BCUT2D eigenvalue weighted by molar-refractivity contribution is 8.13. The molecule has 21 heavy (non-hydrogen) atoms. The van der Waals surface area contributed by atoms with Gasteiger partial charge in [0.1, 0.15) is 5.75 Å². The number of thioether (sulfide) groups is 1. The molecule has 0 saturated carbocycles. The second-order valence-corrected chi connectivity index (χ2v) is 5.58. The minimum atomic E-state index is -0.399. The van der Waals surface area contributed by atoms with Crippen molar-refractivity contribution in [3.05, 3.63) is 60.2 Å². The number of nitrogens with zero attached hydrogens (tertiary/aromatic N) is 1. The number of carbonyl (C=O) groups excluding carboxylic acids is 1. The predicted molar refractivity (Wildman–Crippen MR) is 83.3 cm³/mol. The molecule has 3 nitrogen and oxygen atoms in total. The molecular formula is C17H15NO2S. The zero-order chi connectivity index (χ0) is 15.1. The van der Waals surface area contributed by atoms with E-state index in [4.69, 9.17) is 4.74 Å². The number of rotatable bonds is 5. The molecular weight excluding hydrogens is 282 g/mol. The maximum Gasteiger partial charge on any atom is 0.195 e. The highest BCUT2D eigenvalue weighted by atomic mass is 32.2. The highest BCUT2D eigenvalue weighted by Crippen LogP contribution is 2.27. The lowest BCUT2D eigenvalue weighted by molar-refractivity contribution is -0.111. The van der Waals surface area contributed by atoms with Crippen LogP contribution in [0.25, 0.3) is 0 Å². The molecule has 0 aliphatic carbocycles. The van der Waals surface area contributed by atoms with Crippen molar-refractivity contribution in [2.75, 3.05) is 7.11 Å². The molecule has 106 valence electrons. The van der Waals surface area contributed by atoms with Crippen molar-refractivity contribution in [3.8, 4) is 11.8 Å². The Kier molecular flexibility index (Phi) is 5.42. The van der Waals surface area contributed by atoms with Crippen molar-refractivity contribution in [3.63, 3.8) is 0 Å². The Morgan fingerprint density at radius 2 is 1.86 bits per heavy atom. The lowest BCUT2D eigenvalue weighted by atomic mass is 9.98. The van der Waals surface area contributed by atoms with E-state index in [9.17, 15) is 10.1 Å². The van der Waals surface area contributed by atoms with Gasteiger partial charge in [0.15, 0.2) is 5.12 Å². The number of methoxy groups -OCH3 is 1. The van der Waals surface area contributed by atoms with Gasteiger partial charge < -0.3 is 4.74 Å². The molecule has 2 aromatic carbocycles. The molecule has 0 aromatic heterocycles. The van der Waals surface area contributed by atoms with Gasteiger partial charge in [-0.2, -0.15) is 5.26 Å². The van der Waals surface area contributed by atoms with Crippen LogP contribution in [0.3, 0.4) is 0 Å². The lowest BCUT2D eigenvalue weighted by Crippen LogP contribution is -2.02. The molecule has 0 amide bonds. The summed E-state index contributed by atoms with van der Waals surface area (Å²) in [6.07, 6.45) is 0.206. The third-order valence-corrected chi connectivity index (χ3v) is 3.92. The first-order valence-corrected chi connectivity index (χ1v) is 7.34. The molecule has 0 radical (unpaired) electrons. The van der Waals surface area contributed by atoms with Crippen LogP contribution in [0.15, 0.2) is 59.5 Å². The Morgan fingerprint density at radius 3 is 2.43 bits per heavy atom. The summed E-state index contributed by atoms with van der Waals surface area (Å²) in [7, 11) is 1.60. The number of benzene rings is 2. The molecule has 0 aliphatic heterocycles. The number of hydrogen-bond donors (Lipinski definition) is 0. The Hall–Kier alpha value is -2.25. The van der Waals surface area contributed by atoms with Gasteiger partial charge in [-0.1, -0.05) is 42.1 Å². The van der Waals surface area contributed by atoms with Crippen molar-refractivity contribution in [2.45, 2.75) is 17.2 Å². The van der Waals surface area contributed by atoms with Gasteiger partial charge >= 0.3 is 0 Å². The standard InChI is InChI=1S/C17H15NO2S/c1-20-15-7-9-16(10-8-15)21-17(19)11-14(12-18)13-5-3-2-4-6-13/h2-10,14H,11H2,1H3/t14-/m0/s1. The quantitative estimate of drug-likeness (QED) is 0.782. The SMILES string of the molecule is COc1ccc(SC(=O)C[C@@H](C#N)c2ccccc2)cc1. The van der Waals surface area contributed by atoms with Gasteiger partial charge in [0, 0.05) is 11.3 Å². The fraction of sp³-hybridized carbons (Fsp3) is 0.176.